The minimum Gasteiger partial charge on any atom is -0.338 e. The standard InChI is InChI=1S/C21H23FN4O2S/c22-14-5-7-15(8-6-14)23-21-19-13-18(29(27,28)25-16-3-1-2-4-16)11-12-20(19)26(24-21)17-9-10-17/h5-8,11-13,16-17,25H,1-4,9-10H2,(H,23,24). The van der Waals surface area contributed by atoms with Crippen LogP contribution in [-0.2, 0) is 10.0 Å². The maximum absolute atomic E-state index is 13.2. The van der Waals surface area contributed by atoms with E-state index in [-0.39, 0.29) is 16.8 Å². The van der Waals surface area contributed by atoms with Gasteiger partial charge in [0.1, 0.15) is 5.82 Å². The number of fused-ring (bicyclic) bond motifs is 1. The fourth-order valence-electron chi connectivity index (χ4n) is 3.98. The van der Waals surface area contributed by atoms with Crippen LogP contribution < -0.4 is 10.0 Å². The van der Waals surface area contributed by atoms with Gasteiger partial charge in [0.2, 0.25) is 10.0 Å². The molecule has 2 saturated carbocycles. The van der Waals surface area contributed by atoms with Gasteiger partial charge in [0.15, 0.2) is 5.82 Å². The molecule has 0 atom stereocenters. The lowest BCUT2D eigenvalue weighted by atomic mass is 10.2. The van der Waals surface area contributed by atoms with Gasteiger partial charge in [-0.15, -0.1) is 0 Å². The van der Waals surface area contributed by atoms with Crippen molar-refractivity contribution in [1.29, 1.82) is 0 Å². The first-order valence-electron chi connectivity index (χ1n) is 10.1. The highest BCUT2D eigenvalue weighted by molar-refractivity contribution is 7.89. The Kier molecular flexibility index (Phi) is 4.55. The van der Waals surface area contributed by atoms with Gasteiger partial charge in [0, 0.05) is 17.1 Å². The minimum absolute atomic E-state index is 0.0155. The summed E-state index contributed by atoms with van der Waals surface area (Å²) in [5, 5.41) is 8.65. The molecule has 0 radical (unpaired) electrons. The molecule has 2 N–H and O–H groups in total. The van der Waals surface area contributed by atoms with E-state index in [1.807, 2.05) is 10.7 Å². The molecule has 8 heteroatoms. The second-order valence-electron chi connectivity index (χ2n) is 7.94. The van der Waals surface area contributed by atoms with Crippen LogP contribution in [0.5, 0.6) is 0 Å². The number of hydrogen-bond acceptors (Lipinski definition) is 4. The lowest BCUT2D eigenvalue weighted by Gasteiger charge is -2.13. The van der Waals surface area contributed by atoms with Crippen LogP contribution in [0, 0.1) is 5.82 Å². The number of anilines is 2. The lowest BCUT2D eigenvalue weighted by Crippen LogP contribution is -2.32. The van der Waals surface area contributed by atoms with Crippen LogP contribution >= 0.6 is 0 Å². The van der Waals surface area contributed by atoms with Gasteiger partial charge >= 0.3 is 0 Å². The molecule has 5 rings (SSSR count). The molecule has 6 nitrogen and oxygen atoms in total. The smallest absolute Gasteiger partial charge is 0.240 e. The monoisotopic (exact) mass is 414 g/mol. The van der Waals surface area contributed by atoms with Crippen LogP contribution in [-0.4, -0.2) is 24.2 Å². The average molecular weight is 415 g/mol. The molecule has 3 aromatic rings. The van der Waals surface area contributed by atoms with Crippen molar-refractivity contribution < 1.29 is 12.8 Å². The summed E-state index contributed by atoms with van der Waals surface area (Å²) in [5.41, 5.74) is 1.60. The highest BCUT2D eigenvalue weighted by Crippen LogP contribution is 2.39. The summed E-state index contributed by atoms with van der Waals surface area (Å²) in [4.78, 5) is 0.245. The maximum atomic E-state index is 13.2. The van der Waals surface area contributed by atoms with Crippen LogP contribution in [0.1, 0.15) is 44.6 Å². The van der Waals surface area contributed by atoms with Gasteiger partial charge in [-0.2, -0.15) is 5.10 Å². The van der Waals surface area contributed by atoms with Gasteiger partial charge in [0.05, 0.1) is 16.5 Å². The lowest BCUT2D eigenvalue weighted by molar-refractivity contribution is 0.552. The van der Waals surface area contributed by atoms with Crippen LogP contribution in [0.4, 0.5) is 15.9 Å². The Hall–Kier alpha value is -2.45. The van der Waals surface area contributed by atoms with E-state index < -0.39 is 10.0 Å². The molecule has 0 aliphatic heterocycles. The van der Waals surface area contributed by atoms with Gasteiger partial charge in [-0.25, -0.2) is 17.5 Å². The Morgan fingerprint density at radius 3 is 2.41 bits per heavy atom. The molecule has 0 bridgehead atoms. The van der Waals surface area contributed by atoms with Gasteiger partial charge < -0.3 is 5.32 Å². The molecule has 2 aliphatic rings. The van der Waals surface area contributed by atoms with Crippen molar-refractivity contribution >= 4 is 32.4 Å². The fraction of sp³-hybridized carbons (Fsp3) is 0.381. The summed E-state index contributed by atoms with van der Waals surface area (Å²) in [7, 11) is -3.59. The molecule has 0 spiro atoms. The first-order chi connectivity index (χ1) is 14.0. The zero-order valence-electron chi connectivity index (χ0n) is 15.9. The number of hydrogen-bond donors (Lipinski definition) is 2. The molecule has 29 heavy (non-hydrogen) atoms. The van der Waals surface area contributed by atoms with Gasteiger partial charge in [-0.3, -0.25) is 4.68 Å². The van der Waals surface area contributed by atoms with E-state index in [0.717, 1.165) is 49.4 Å². The van der Waals surface area contributed by atoms with Crippen LogP contribution in [0.2, 0.25) is 0 Å². The van der Waals surface area contributed by atoms with Crippen LogP contribution in [0.15, 0.2) is 47.4 Å². The zero-order chi connectivity index (χ0) is 20.0. The number of halogens is 1. The largest absolute Gasteiger partial charge is 0.338 e. The van der Waals surface area contributed by atoms with E-state index in [9.17, 15) is 12.8 Å². The predicted octanol–water partition coefficient (Wildman–Crippen LogP) is 4.47. The molecule has 2 aromatic carbocycles. The number of nitrogens with zero attached hydrogens (tertiary/aromatic N) is 2. The summed E-state index contributed by atoms with van der Waals surface area (Å²) < 4.78 is 43.8. The number of rotatable bonds is 6. The Morgan fingerprint density at radius 2 is 1.72 bits per heavy atom. The number of benzene rings is 2. The zero-order valence-corrected chi connectivity index (χ0v) is 16.8. The van der Waals surface area contributed by atoms with E-state index in [4.69, 9.17) is 5.10 Å². The van der Waals surface area contributed by atoms with E-state index in [1.54, 1.807) is 24.3 Å². The SMILES string of the molecule is O=S(=O)(NC1CCCC1)c1ccc2c(c1)c(Nc1ccc(F)cc1)nn2C1CC1. The second-order valence-corrected chi connectivity index (χ2v) is 9.65. The Balaban J connectivity index is 1.53. The maximum Gasteiger partial charge on any atom is 0.240 e. The van der Waals surface area contributed by atoms with Crippen molar-refractivity contribution in [3.8, 4) is 0 Å². The molecule has 0 unspecified atom stereocenters. The van der Waals surface area contributed by atoms with Crippen molar-refractivity contribution in [1.82, 2.24) is 14.5 Å². The Labute approximate surface area is 169 Å². The number of sulfonamides is 1. The van der Waals surface area contributed by atoms with Gasteiger partial charge in [-0.05, 0) is 68.1 Å². The molecule has 2 aliphatic carbocycles. The third-order valence-corrected chi connectivity index (χ3v) is 7.18. The Morgan fingerprint density at radius 1 is 1.00 bits per heavy atom. The van der Waals surface area contributed by atoms with E-state index >= 15 is 0 Å². The molecular weight excluding hydrogens is 391 g/mol. The normalized spacial score (nSPS) is 17.8. The summed E-state index contributed by atoms with van der Waals surface area (Å²) in [6.07, 6.45) is 6.03. The van der Waals surface area contributed by atoms with Crippen LogP contribution in [0.25, 0.3) is 10.9 Å². The van der Waals surface area contributed by atoms with Gasteiger partial charge in [-0.1, -0.05) is 12.8 Å². The number of nitrogens with one attached hydrogen (secondary N) is 2. The Bertz CT molecular complexity index is 1150. The summed E-state index contributed by atoms with van der Waals surface area (Å²) in [5.74, 6) is 0.270. The van der Waals surface area contributed by atoms with E-state index in [2.05, 4.69) is 10.0 Å². The number of aromatic nitrogens is 2. The summed E-state index contributed by atoms with van der Waals surface area (Å²) in [6, 6.07) is 11.6. The molecule has 1 heterocycles. The molecule has 152 valence electrons. The molecule has 0 saturated heterocycles. The quantitative estimate of drug-likeness (QED) is 0.624. The van der Waals surface area contributed by atoms with Crippen molar-refractivity contribution in [2.45, 2.75) is 55.5 Å². The third-order valence-electron chi connectivity index (χ3n) is 5.66. The third kappa shape index (κ3) is 3.74. The highest BCUT2D eigenvalue weighted by Gasteiger charge is 2.29. The van der Waals surface area contributed by atoms with Gasteiger partial charge in [0.25, 0.3) is 0 Å². The minimum atomic E-state index is -3.59. The molecule has 1 aromatic heterocycles. The average Bonchev–Trinajstić information content (AvgIpc) is 3.31. The topological polar surface area (TPSA) is 76.0 Å². The first-order valence-corrected chi connectivity index (χ1v) is 11.6. The molecular formula is C21H23FN4O2S. The van der Waals surface area contributed by atoms with E-state index in [1.165, 1.54) is 12.1 Å². The predicted molar refractivity (Wildman–Crippen MR) is 110 cm³/mol. The molecule has 2 fully saturated rings. The molecule has 0 amide bonds. The summed E-state index contributed by atoms with van der Waals surface area (Å²) >= 11 is 0. The van der Waals surface area contributed by atoms with Crippen molar-refractivity contribution in [2.75, 3.05) is 5.32 Å². The van der Waals surface area contributed by atoms with Crippen molar-refractivity contribution in [3.63, 3.8) is 0 Å². The fourth-order valence-corrected chi connectivity index (χ4v) is 5.31. The second kappa shape index (κ2) is 7.11. The highest BCUT2D eigenvalue weighted by atomic mass is 32.2. The summed E-state index contributed by atoms with van der Waals surface area (Å²) in [6.45, 7) is 0. The first kappa shape index (κ1) is 18.6. The van der Waals surface area contributed by atoms with Crippen molar-refractivity contribution in [3.05, 3.63) is 48.3 Å². The van der Waals surface area contributed by atoms with Crippen molar-refractivity contribution in [2.24, 2.45) is 0 Å². The van der Waals surface area contributed by atoms with E-state index in [0.29, 0.717) is 17.5 Å². The van der Waals surface area contributed by atoms with Crippen LogP contribution in [0.3, 0.4) is 0 Å².